The van der Waals surface area contributed by atoms with E-state index in [4.69, 9.17) is 28.3 Å². The van der Waals surface area contributed by atoms with Gasteiger partial charge in [0.1, 0.15) is 10.7 Å². The molecule has 0 unspecified atom stereocenters. The molecule has 2 heterocycles. The van der Waals surface area contributed by atoms with Gasteiger partial charge in [0.15, 0.2) is 16.7 Å². The summed E-state index contributed by atoms with van der Waals surface area (Å²) < 4.78 is 38.7. The maximum Gasteiger partial charge on any atom is 0.436 e. The van der Waals surface area contributed by atoms with E-state index in [1.807, 2.05) is 0 Å². The summed E-state index contributed by atoms with van der Waals surface area (Å²) in [6, 6.07) is 2.44. The van der Waals surface area contributed by atoms with Crippen molar-refractivity contribution in [2.45, 2.75) is 6.18 Å². The van der Waals surface area contributed by atoms with Crippen LogP contribution in [0.2, 0.25) is 10.3 Å². The number of hydrogen-bond donors (Lipinski definition) is 1. The van der Waals surface area contributed by atoms with Gasteiger partial charge in [0.05, 0.1) is 0 Å². The topological polar surface area (TPSA) is 80.9 Å². The molecular formula is C9H3Cl2F3N4O2. The largest absolute Gasteiger partial charge is 0.478 e. The monoisotopic (exact) mass is 326 g/mol. The quantitative estimate of drug-likeness (QED) is 0.917. The second-order valence-electron chi connectivity index (χ2n) is 3.44. The summed E-state index contributed by atoms with van der Waals surface area (Å²) in [6.45, 7) is 0. The Morgan fingerprint density at radius 2 is 1.90 bits per heavy atom. The Labute approximate surface area is 118 Å². The van der Waals surface area contributed by atoms with Crippen LogP contribution in [-0.2, 0) is 6.18 Å². The Bertz CT molecular complexity index is 669. The average Bonchev–Trinajstić information content (AvgIpc) is 2.68. The molecule has 0 aliphatic carbocycles. The van der Waals surface area contributed by atoms with Crippen LogP contribution in [0, 0.1) is 0 Å². The molecule has 1 N–H and O–H groups in total. The van der Waals surface area contributed by atoms with Gasteiger partial charge < -0.3 is 5.11 Å². The zero-order chi connectivity index (χ0) is 15.1. The third kappa shape index (κ3) is 2.54. The summed E-state index contributed by atoms with van der Waals surface area (Å²) in [5.74, 6) is -2.05. The van der Waals surface area contributed by atoms with Gasteiger partial charge in [-0.1, -0.05) is 23.2 Å². The number of nitrogens with zero attached hydrogens (tertiary/aromatic N) is 4. The zero-order valence-corrected chi connectivity index (χ0v) is 10.7. The highest BCUT2D eigenvalue weighted by atomic mass is 35.5. The molecule has 2 aromatic rings. The first kappa shape index (κ1) is 14.5. The number of carbonyl (C=O) groups is 1. The highest BCUT2D eigenvalue weighted by molar-refractivity contribution is 6.33. The normalized spacial score (nSPS) is 11.7. The van der Waals surface area contributed by atoms with Crippen molar-refractivity contribution in [1.29, 1.82) is 0 Å². The summed E-state index contributed by atoms with van der Waals surface area (Å²) in [4.78, 5) is 10.9. The smallest absolute Gasteiger partial charge is 0.436 e. The number of aromatic carboxylic acids is 1. The molecule has 0 aliphatic heterocycles. The molecule has 0 spiro atoms. The zero-order valence-electron chi connectivity index (χ0n) is 9.19. The number of hydrogen-bond acceptors (Lipinski definition) is 4. The molecule has 2 rings (SSSR count). The fraction of sp³-hybridized carbons (Fsp3) is 0.111. The van der Waals surface area contributed by atoms with Crippen LogP contribution < -0.4 is 0 Å². The van der Waals surface area contributed by atoms with Crippen molar-refractivity contribution >= 4 is 29.2 Å². The van der Waals surface area contributed by atoms with E-state index in [1.54, 1.807) is 0 Å². The fourth-order valence-electron chi connectivity index (χ4n) is 1.36. The van der Waals surface area contributed by atoms with Crippen molar-refractivity contribution in [3.63, 3.8) is 0 Å². The van der Waals surface area contributed by atoms with Crippen molar-refractivity contribution in [3.8, 4) is 5.82 Å². The standard InChI is InChI=1S/C9H3Cl2F3N4O2/c10-3-1-2-4(16-15-3)18-7(11)5(8(19)20)6(17-18)9(12,13)14/h1-2H,(H,19,20). The van der Waals surface area contributed by atoms with E-state index < -0.39 is 28.6 Å². The van der Waals surface area contributed by atoms with Crippen LogP contribution in [0.5, 0.6) is 0 Å². The lowest BCUT2D eigenvalue weighted by Gasteiger charge is -2.02. The lowest BCUT2D eigenvalue weighted by atomic mass is 10.2. The van der Waals surface area contributed by atoms with E-state index >= 15 is 0 Å². The first-order valence-electron chi connectivity index (χ1n) is 4.80. The van der Waals surface area contributed by atoms with Gasteiger partial charge >= 0.3 is 12.1 Å². The molecule has 0 atom stereocenters. The highest BCUT2D eigenvalue weighted by Gasteiger charge is 2.41. The van der Waals surface area contributed by atoms with Crippen LogP contribution in [0.4, 0.5) is 13.2 Å². The van der Waals surface area contributed by atoms with Gasteiger partial charge in [-0.25, -0.2) is 9.48 Å². The predicted molar refractivity (Wildman–Crippen MR) is 61.1 cm³/mol. The molecule has 20 heavy (non-hydrogen) atoms. The number of carboxylic acid groups (broad SMARTS) is 1. The number of carboxylic acids is 1. The molecule has 0 bridgehead atoms. The van der Waals surface area contributed by atoms with E-state index in [0.29, 0.717) is 4.68 Å². The Morgan fingerprint density at radius 3 is 2.30 bits per heavy atom. The van der Waals surface area contributed by atoms with Gasteiger partial charge in [-0.3, -0.25) is 0 Å². The van der Waals surface area contributed by atoms with Gasteiger partial charge in [0.25, 0.3) is 0 Å². The minimum atomic E-state index is -4.97. The molecule has 0 saturated heterocycles. The summed E-state index contributed by atoms with van der Waals surface area (Å²) >= 11 is 11.1. The molecule has 0 fully saturated rings. The van der Waals surface area contributed by atoms with Crippen LogP contribution in [-0.4, -0.2) is 31.1 Å². The average molecular weight is 327 g/mol. The van der Waals surface area contributed by atoms with Gasteiger partial charge in [-0.2, -0.15) is 18.3 Å². The third-order valence-electron chi connectivity index (χ3n) is 2.15. The van der Waals surface area contributed by atoms with Crippen molar-refractivity contribution in [2.24, 2.45) is 0 Å². The summed E-state index contributed by atoms with van der Waals surface area (Å²) in [5.41, 5.74) is -2.78. The second-order valence-corrected chi connectivity index (χ2v) is 4.19. The van der Waals surface area contributed by atoms with Crippen LogP contribution in [0.15, 0.2) is 12.1 Å². The maximum atomic E-state index is 12.7. The van der Waals surface area contributed by atoms with Gasteiger partial charge in [-0.15, -0.1) is 10.2 Å². The maximum absolute atomic E-state index is 12.7. The van der Waals surface area contributed by atoms with Crippen LogP contribution in [0.1, 0.15) is 16.1 Å². The van der Waals surface area contributed by atoms with Gasteiger partial charge in [0.2, 0.25) is 0 Å². The number of alkyl halides is 3. The van der Waals surface area contributed by atoms with Crippen molar-refractivity contribution in [2.75, 3.05) is 0 Å². The van der Waals surface area contributed by atoms with E-state index in [1.165, 1.54) is 12.1 Å². The molecule has 2 aromatic heterocycles. The molecule has 11 heteroatoms. The Kier molecular flexibility index (Phi) is 3.57. The molecule has 0 aromatic carbocycles. The first-order chi connectivity index (χ1) is 9.21. The Hall–Kier alpha value is -1.87. The second kappa shape index (κ2) is 4.91. The molecule has 6 nitrogen and oxygen atoms in total. The van der Waals surface area contributed by atoms with Crippen LogP contribution in [0.3, 0.4) is 0 Å². The summed E-state index contributed by atoms with van der Waals surface area (Å²) in [6.07, 6.45) is -4.97. The molecule has 0 radical (unpaired) electrons. The number of rotatable bonds is 2. The Balaban J connectivity index is 2.67. The molecular weight excluding hydrogens is 324 g/mol. The fourth-order valence-corrected chi connectivity index (χ4v) is 1.75. The van der Waals surface area contributed by atoms with Crippen molar-refractivity contribution in [3.05, 3.63) is 33.7 Å². The van der Waals surface area contributed by atoms with Crippen molar-refractivity contribution < 1.29 is 23.1 Å². The van der Waals surface area contributed by atoms with Crippen molar-refractivity contribution in [1.82, 2.24) is 20.0 Å². The minimum absolute atomic E-state index is 0.00605. The van der Waals surface area contributed by atoms with Crippen LogP contribution in [0.25, 0.3) is 5.82 Å². The highest BCUT2D eigenvalue weighted by Crippen LogP contribution is 2.35. The van der Waals surface area contributed by atoms with Crippen LogP contribution >= 0.6 is 23.2 Å². The molecule has 0 saturated carbocycles. The Morgan fingerprint density at radius 1 is 1.25 bits per heavy atom. The van der Waals surface area contributed by atoms with E-state index in [9.17, 15) is 18.0 Å². The van der Waals surface area contributed by atoms with Gasteiger partial charge in [0, 0.05) is 0 Å². The predicted octanol–water partition coefficient (Wildman–Crippen LogP) is 2.69. The SMILES string of the molecule is O=C(O)c1c(C(F)(F)F)nn(-c2ccc(Cl)nn2)c1Cl. The summed E-state index contributed by atoms with van der Waals surface area (Å²) in [5, 5.41) is 18.1. The van der Waals surface area contributed by atoms with E-state index in [-0.39, 0.29) is 11.0 Å². The molecule has 106 valence electrons. The first-order valence-corrected chi connectivity index (χ1v) is 5.56. The number of halogens is 5. The number of aromatic nitrogens is 4. The molecule has 0 amide bonds. The third-order valence-corrected chi connectivity index (χ3v) is 2.70. The van der Waals surface area contributed by atoms with Gasteiger partial charge in [-0.05, 0) is 12.1 Å². The van der Waals surface area contributed by atoms with E-state index in [0.717, 1.165) is 0 Å². The molecule has 0 aliphatic rings. The van der Waals surface area contributed by atoms with E-state index in [2.05, 4.69) is 15.3 Å². The summed E-state index contributed by atoms with van der Waals surface area (Å²) in [7, 11) is 0. The lowest BCUT2D eigenvalue weighted by Crippen LogP contribution is -2.12. The minimum Gasteiger partial charge on any atom is -0.478 e. The lowest BCUT2D eigenvalue weighted by molar-refractivity contribution is -0.141.